The molecule has 1 amide bonds. The minimum Gasteiger partial charge on any atom is -0.361 e. The van der Waals surface area contributed by atoms with Crippen molar-refractivity contribution in [1.82, 2.24) is 9.88 Å². The van der Waals surface area contributed by atoms with Gasteiger partial charge in [0, 0.05) is 36.1 Å². The number of hydrogen-bond donors (Lipinski definition) is 1. The van der Waals surface area contributed by atoms with Crippen LogP contribution < -0.4 is 0 Å². The number of amides is 1. The first-order valence-electron chi connectivity index (χ1n) is 8.01. The first-order valence-corrected chi connectivity index (χ1v) is 8.01. The van der Waals surface area contributed by atoms with Crippen LogP contribution in [0, 0.1) is 5.92 Å². The van der Waals surface area contributed by atoms with Crippen LogP contribution in [-0.4, -0.2) is 28.4 Å². The number of likely N-dealkylation sites (tertiary alicyclic amines) is 1. The molecule has 0 bridgehead atoms. The number of nitrogens with zero attached hydrogens (tertiary/aromatic N) is 1. The second-order valence-corrected chi connectivity index (χ2v) is 6.40. The topological polar surface area (TPSA) is 36.1 Å². The van der Waals surface area contributed by atoms with Gasteiger partial charge in [0.1, 0.15) is 0 Å². The predicted molar refractivity (Wildman–Crippen MR) is 86.2 cm³/mol. The summed E-state index contributed by atoms with van der Waals surface area (Å²) in [6.45, 7) is 5.38. The largest absolute Gasteiger partial charge is 0.361 e. The van der Waals surface area contributed by atoms with Crippen molar-refractivity contribution in [1.29, 1.82) is 0 Å². The zero-order valence-corrected chi connectivity index (χ0v) is 12.9. The molecule has 1 N–H and O–H groups in total. The van der Waals surface area contributed by atoms with Crippen molar-refractivity contribution in [3.63, 3.8) is 0 Å². The number of benzene rings is 1. The zero-order valence-electron chi connectivity index (χ0n) is 12.9. The molecule has 1 aliphatic heterocycles. The summed E-state index contributed by atoms with van der Waals surface area (Å²) in [6.07, 6.45) is 5.80. The van der Waals surface area contributed by atoms with Gasteiger partial charge in [-0.15, -0.1) is 0 Å². The van der Waals surface area contributed by atoms with Gasteiger partial charge in [0.25, 0.3) is 0 Å². The Morgan fingerprint density at radius 3 is 3.00 bits per heavy atom. The maximum Gasteiger partial charge on any atom is 0.223 e. The Bertz CT molecular complexity index is 629. The number of H-pyrrole nitrogens is 1. The molecule has 1 unspecified atom stereocenters. The maximum absolute atomic E-state index is 12.5. The summed E-state index contributed by atoms with van der Waals surface area (Å²) in [6, 6.07) is 8.73. The number of fused-ring (bicyclic) bond motifs is 1. The van der Waals surface area contributed by atoms with Crippen molar-refractivity contribution in [3.05, 3.63) is 36.0 Å². The maximum atomic E-state index is 12.5. The van der Waals surface area contributed by atoms with Gasteiger partial charge < -0.3 is 9.88 Å². The molecule has 1 aliphatic rings. The van der Waals surface area contributed by atoms with Gasteiger partial charge in [0.15, 0.2) is 0 Å². The van der Waals surface area contributed by atoms with E-state index in [0.29, 0.717) is 24.3 Å². The highest BCUT2D eigenvalue weighted by atomic mass is 16.2. The van der Waals surface area contributed by atoms with E-state index in [2.05, 4.69) is 41.9 Å². The van der Waals surface area contributed by atoms with Crippen molar-refractivity contribution in [2.75, 3.05) is 6.54 Å². The lowest BCUT2D eigenvalue weighted by atomic mass is 10.0. The molecule has 1 atom stereocenters. The molecule has 2 aromatic rings. The molecule has 2 heterocycles. The summed E-state index contributed by atoms with van der Waals surface area (Å²) >= 11 is 0. The SMILES string of the molecule is CC(C)C1CCCN1C(=O)CCc1c[nH]c2ccccc12. The van der Waals surface area contributed by atoms with Crippen LogP contribution in [0.3, 0.4) is 0 Å². The molecule has 3 nitrogen and oxygen atoms in total. The van der Waals surface area contributed by atoms with E-state index < -0.39 is 0 Å². The molecule has 1 aromatic carbocycles. The van der Waals surface area contributed by atoms with Crippen LogP contribution in [0.2, 0.25) is 0 Å². The normalized spacial score (nSPS) is 18.8. The molecule has 3 heteroatoms. The molecule has 3 rings (SSSR count). The first kappa shape index (κ1) is 14.2. The van der Waals surface area contributed by atoms with Gasteiger partial charge >= 0.3 is 0 Å². The lowest BCUT2D eigenvalue weighted by molar-refractivity contribution is -0.132. The van der Waals surface area contributed by atoms with E-state index >= 15 is 0 Å². The molecule has 0 spiro atoms. The Hall–Kier alpha value is -1.77. The molecule has 1 aromatic heterocycles. The summed E-state index contributed by atoms with van der Waals surface area (Å²) in [7, 11) is 0. The molecule has 0 aliphatic carbocycles. The van der Waals surface area contributed by atoms with Crippen molar-refractivity contribution in [2.45, 2.75) is 45.6 Å². The number of carbonyl (C=O) groups excluding carboxylic acids is 1. The molecule has 0 radical (unpaired) electrons. The van der Waals surface area contributed by atoms with Crippen LogP contribution >= 0.6 is 0 Å². The van der Waals surface area contributed by atoms with Crippen molar-refractivity contribution in [3.8, 4) is 0 Å². The lowest BCUT2D eigenvalue weighted by Crippen LogP contribution is -2.38. The van der Waals surface area contributed by atoms with E-state index in [1.165, 1.54) is 10.9 Å². The van der Waals surface area contributed by atoms with Gasteiger partial charge in [-0.25, -0.2) is 0 Å². The average Bonchev–Trinajstić information content (AvgIpc) is 3.12. The highest BCUT2D eigenvalue weighted by molar-refractivity contribution is 5.84. The summed E-state index contributed by atoms with van der Waals surface area (Å²) in [5.41, 5.74) is 2.40. The van der Waals surface area contributed by atoms with E-state index in [1.807, 2.05) is 12.3 Å². The van der Waals surface area contributed by atoms with Gasteiger partial charge in [-0.05, 0) is 36.8 Å². The summed E-state index contributed by atoms with van der Waals surface area (Å²) in [4.78, 5) is 17.9. The van der Waals surface area contributed by atoms with Gasteiger partial charge in [0.2, 0.25) is 5.91 Å². The fourth-order valence-corrected chi connectivity index (χ4v) is 3.52. The Balaban J connectivity index is 1.66. The summed E-state index contributed by atoms with van der Waals surface area (Å²) in [5, 5.41) is 1.24. The van der Waals surface area contributed by atoms with Crippen LogP contribution in [0.5, 0.6) is 0 Å². The smallest absolute Gasteiger partial charge is 0.223 e. The number of nitrogens with one attached hydrogen (secondary N) is 1. The fourth-order valence-electron chi connectivity index (χ4n) is 3.52. The molecule has 1 fully saturated rings. The number of aromatic amines is 1. The second kappa shape index (κ2) is 5.92. The van der Waals surface area contributed by atoms with Crippen molar-refractivity contribution in [2.24, 2.45) is 5.92 Å². The highest BCUT2D eigenvalue weighted by Crippen LogP contribution is 2.25. The Morgan fingerprint density at radius 1 is 1.38 bits per heavy atom. The zero-order chi connectivity index (χ0) is 14.8. The Labute approximate surface area is 126 Å². The van der Waals surface area contributed by atoms with E-state index in [1.54, 1.807) is 0 Å². The van der Waals surface area contributed by atoms with Crippen LogP contribution in [0.4, 0.5) is 0 Å². The molecular formula is C18H24N2O. The number of carbonyl (C=O) groups is 1. The Kier molecular flexibility index (Phi) is 4.00. The number of aryl methyl sites for hydroxylation is 1. The van der Waals surface area contributed by atoms with Crippen molar-refractivity contribution >= 4 is 16.8 Å². The standard InChI is InChI=1S/C18H24N2O/c1-13(2)17-8-5-11-20(17)18(21)10-9-14-12-19-16-7-4-3-6-15(14)16/h3-4,6-7,12-13,17,19H,5,8-11H2,1-2H3. The van der Waals surface area contributed by atoms with Gasteiger partial charge in [-0.2, -0.15) is 0 Å². The molecule has 112 valence electrons. The van der Waals surface area contributed by atoms with Gasteiger partial charge in [0.05, 0.1) is 0 Å². The monoisotopic (exact) mass is 284 g/mol. The second-order valence-electron chi connectivity index (χ2n) is 6.40. The van der Waals surface area contributed by atoms with Crippen molar-refractivity contribution < 1.29 is 4.79 Å². The van der Waals surface area contributed by atoms with Gasteiger partial charge in [-0.1, -0.05) is 32.0 Å². The minimum absolute atomic E-state index is 0.316. The Morgan fingerprint density at radius 2 is 2.19 bits per heavy atom. The fraction of sp³-hybridized carbons (Fsp3) is 0.500. The number of para-hydroxylation sites is 1. The lowest BCUT2D eigenvalue weighted by Gasteiger charge is -2.27. The third-order valence-corrected chi connectivity index (χ3v) is 4.67. The first-order chi connectivity index (χ1) is 10.2. The number of rotatable bonds is 4. The van der Waals surface area contributed by atoms with Crippen LogP contribution in [0.15, 0.2) is 30.5 Å². The molecule has 0 saturated carbocycles. The van der Waals surface area contributed by atoms with E-state index in [-0.39, 0.29) is 0 Å². The summed E-state index contributed by atoms with van der Waals surface area (Å²) < 4.78 is 0. The predicted octanol–water partition coefficient (Wildman–Crippen LogP) is 3.75. The average molecular weight is 284 g/mol. The quantitative estimate of drug-likeness (QED) is 0.912. The van der Waals surface area contributed by atoms with Gasteiger partial charge in [-0.3, -0.25) is 4.79 Å². The third-order valence-electron chi connectivity index (χ3n) is 4.67. The molecule has 1 saturated heterocycles. The molecular weight excluding hydrogens is 260 g/mol. The van der Waals surface area contributed by atoms with Crippen LogP contribution in [0.25, 0.3) is 10.9 Å². The van der Waals surface area contributed by atoms with E-state index in [0.717, 1.165) is 31.3 Å². The summed E-state index contributed by atoms with van der Waals surface area (Å²) in [5.74, 6) is 0.876. The van der Waals surface area contributed by atoms with Crippen LogP contribution in [0.1, 0.15) is 38.7 Å². The minimum atomic E-state index is 0.316. The third kappa shape index (κ3) is 2.82. The van der Waals surface area contributed by atoms with E-state index in [9.17, 15) is 4.79 Å². The highest BCUT2D eigenvalue weighted by Gasteiger charge is 2.30. The van der Waals surface area contributed by atoms with Crippen LogP contribution in [-0.2, 0) is 11.2 Å². The number of hydrogen-bond acceptors (Lipinski definition) is 1. The van der Waals surface area contributed by atoms with E-state index in [4.69, 9.17) is 0 Å². The number of aromatic nitrogens is 1. The molecule has 21 heavy (non-hydrogen) atoms.